The summed E-state index contributed by atoms with van der Waals surface area (Å²) in [5.74, 6) is 0. The fraction of sp³-hybridized carbons (Fsp3) is 0. The van der Waals surface area contributed by atoms with E-state index in [0.29, 0.717) is 0 Å². The van der Waals surface area contributed by atoms with Gasteiger partial charge in [-0.15, -0.1) is 0 Å². The zero-order valence-corrected chi connectivity index (χ0v) is 5.20. The van der Waals surface area contributed by atoms with E-state index in [1.54, 1.807) is 0 Å². The first-order valence-corrected chi connectivity index (χ1v) is 0. The van der Waals surface area contributed by atoms with E-state index in [4.69, 9.17) is 0 Å². The minimum absolute atomic E-state index is 0. The third kappa shape index (κ3) is 9.31. The molecule has 0 rings (SSSR count). The minimum Gasteiger partial charge on any atom is -2.00 e. The van der Waals surface area contributed by atoms with E-state index in [1.165, 1.54) is 0 Å². The van der Waals surface area contributed by atoms with Crippen LogP contribution in [0.1, 0.15) is 0 Å². The Kier molecular flexibility index (Phi) is 239. The molecule has 0 saturated heterocycles. The van der Waals surface area contributed by atoms with Crippen molar-refractivity contribution in [1.82, 2.24) is 0 Å². The standard InChI is InChI=1S/2Co.2S/q2*+2;2*-2. The predicted molar refractivity (Wildman–Crippen MR) is 14.7 cm³/mol. The van der Waals surface area contributed by atoms with Crippen LogP contribution < -0.4 is 0 Å². The Bertz CT molecular complexity index is 4.00. The van der Waals surface area contributed by atoms with Gasteiger partial charge in [-0.2, -0.15) is 0 Å². The molecule has 4 heteroatoms. The van der Waals surface area contributed by atoms with Crippen molar-refractivity contribution in [2.24, 2.45) is 0 Å². The van der Waals surface area contributed by atoms with Crippen LogP contribution >= 0.6 is 0 Å². The summed E-state index contributed by atoms with van der Waals surface area (Å²) < 4.78 is 0. The van der Waals surface area contributed by atoms with Crippen molar-refractivity contribution in [1.29, 1.82) is 0 Å². The number of hydrogen-bond acceptors (Lipinski definition) is 0. The van der Waals surface area contributed by atoms with Crippen LogP contribution in [0.2, 0.25) is 0 Å². The summed E-state index contributed by atoms with van der Waals surface area (Å²) in [6.07, 6.45) is 0. The van der Waals surface area contributed by atoms with Gasteiger partial charge in [0, 0.05) is 0 Å². The molecule has 0 aliphatic carbocycles. The van der Waals surface area contributed by atoms with Gasteiger partial charge < -0.3 is 27.0 Å². The van der Waals surface area contributed by atoms with Crippen molar-refractivity contribution in [2.45, 2.75) is 0 Å². The molecule has 0 bridgehead atoms. The van der Waals surface area contributed by atoms with Crippen LogP contribution in [0.4, 0.5) is 0 Å². The van der Waals surface area contributed by atoms with Gasteiger partial charge in [-0.05, 0) is 0 Å². The van der Waals surface area contributed by atoms with Crippen LogP contribution in [-0.2, 0) is 60.5 Å². The molecule has 0 N–H and O–H groups in total. The largest absolute Gasteiger partial charge is 2.00 e. The van der Waals surface area contributed by atoms with Gasteiger partial charge in [0.25, 0.3) is 0 Å². The molecule has 2 radical (unpaired) electrons. The second-order valence-electron chi connectivity index (χ2n) is 0. The Morgan fingerprint density at radius 1 is 0.500 bits per heavy atom. The van der Waals surface area contributed by atoms with Crippen molar-refractivity contribution in [3.63, 3.8) is 0 Å². The summed E-state index contributed by atoms with van der Waals surface area (Å²) in [5.41, 5.74) is 0. The first-order chi connectivity index (χ1) is 0. The third-order valence-corrected chi connectivity index (χ3v) is 0. The Morgan fingerprint density at radius 3 is 0.500 bits per heavy atom. The van der Waals surface area contributed by atoms with Crippen LogP contribution in [0.3, 0.4) is 0 Å². The second-order valence-corrected chi connectivity index (χ2v) is 0. The van der Waals surface area contributed by atoms with E-state index < -0.39 is 0 Å². The summed E-state index contributed by atoms with van der Waals surface area (Å²) in [5, 5.41) is 0. The maximum absolute atomic E-state index is 0. The second kappa shape index (κ2) is 22.1. The molecular formula is Co2S2. The molecule has 0 nitrogen and oxygen atoms in total. The predicted octanol–water partition coefficient (Wildman–Crippen LogP) is -0.00980. The summed E-state index contributed by atoms with van der Waals surface area (Å²) in [4.78, 5) is 0. The summed E-state index contributed by atoms with van der Waals surface area (Å²) in [6, 6.07) is 0. The van der Waals surface area contributed by atoms with Gasteiger partial charge in [0.05, 0.1) is 0 Å². The maximum atomic E-state index is 0. The van der Waals surface area contributed by atoms with Gasteiger partial charge in [0.1, 0.15) is 0 Å². The quantitative estimate of drug-likeness (QED) is 0.494. The van der Waals surface area contributed by atoms with Gasteiger partial charge in [0.15, 0.2) is 0 Å². The molecule has 0 aromatic carbocycles. The minimum atomic E-state index is 0. The Balaban J connectivity index is 0. The third-order valence-electron chi connectivity index (χ3n) is 0. The molecule has 0 saturated carbocycles. The van der Waals surface area contributed by atoms with Crippen molar-refractivity contribution >= 4 is 27.0 Å². The number of rotatable bonds is 0. The van der Waals surface area contributed by atoms with Crippen LogP contribution in [-0.4, -0.2) is 0 Å². The van der Waals surface area contributed by atoms with Crippen LogP contribution in [0, 0.1) is 0 Å². The topological polar surface area (TPSA) is 0 Å². The number of hydrogen-bond donors (Lipinski definition) is 0. The van der Waals surface area contributed by atoms with Crippen molar-refractivity contribution in [3.05, 3.63) is 0 Å². The van der Waals surface area contributed by atoms with E-state index in [2.05, 4.69) is 0 Å². The van der Waals surface area contributed by atoms with Gasteiger partial charge in [-0.1, -0.05) is 0 Å². The Labute approximate surface area is 60.4 Å². The van der Waals surface area contributed by atoms with E-state index >= 15 is 0 Å². The molecule has 0 amide bonds. The van der Waals surface area contributed by atoms with E-state index in [0.717, 1.165) is 0 Å². The average Bonchev–Trinajstić information content (AvgIpc) is 0. The molecule has 0 aliphatic rings. The smallest absolute Gasteiger partial charge is 2.00 e. The fourth-order valence-electron chi connectivity index (χ4n) is 0. The summed E-state index contributed by atoms with van der Waals surface area (Å²) in [7, 11) is 0. The normalized spacial score (nSPS) is 0. The summed E-state index contributed by atoms with van der Waals surface area (Å²) >= 11 is 0. The zero-order chi connectivity index (χ0) is 0. The van der Waals surface area contributed by atoms with Gasteiger partial charge in [-0.25, -0.2) is 0 Å². The van der Waals surface area contributed by atoms with Crippen molar-refractivity contribution < 1.29 is 33.6 Å². The molecule has 0 spiro atoms. The molecule has 0 heterocycles. The van der Waals surface area contributed by atoms with Gasteiger partial charge in [0.2, 0.25) is 0 Å². The average molecular weight is 182 g/mol. The molecule has 0 aromatic heterocycles. The Morgan fingerprint density at radius 2 is 0.500 bits per heavy atom. The van der Waals surface area contributed by atoms with E-state index in [9.17, 15) is 0 Å². The zero-order valence-electron chi connectivity index (χ0n) is 1.48. The Hall–Kier alpha value is 1.71. The molecule has 30 valence electrons. The molecule has 0 aromatic rings. The van der Waals surface area contributed by atoms with Crippen LogP contribution in [0.25, 0.3) is 0 Å². The SMILES string of the molecule is [Co+2].[Co+2].[S-2].[S-2]. The van der Waals surface area contributed by atoms with Crippen LogP contribution in [0.5, 0.6) is 0 Å². The molecule has 0 atom stereocenters. The first-order valence-electron chi connectivity index (χ1n) is 0. The molecule has 0 unspecified atom stereocenters. The molecular weight excluding hydrogens is 182 g/mol. The van der Waals surface area contributed by atoms with Crippen molar-refractivity contribution in [3.8, 4) is 0 Å². The fourth-order valence-corrected chi connectivity index (χ4v) is 0. The molecule has 0 aliphatic heterocycles. The van der Waals surface area contributed by atoms with E-state index in [-0.39, 0.29) is 60.5 Å². The van der Waals surface area contributed by atoms with Crippen molar-refractivity contribution in [2.75, 3.05) is 0 Å². The summed E-state index contributed by atoms with van der Waals surface area (Å²) in [6.45, 7) is 0. The monoisotopic (exact) mass is 182 g/mol. The first kappa shape index (κ1) is 43.2. The maximum Gasteiger partial charge on any atom is 2.00 e. The molecule has 4 heavy (non-hydrogen) atoms. The van der Waals surface area contributed by atoms with Gasteiger partial charge >= 0.3 is 33.6 Å². The van der Waals surface area contributed by atoms with Crippen LogP contribution in [0.15, 0.2) is 0 Å². The molecule has 0 fully saturated rings. The van der Waals surface area contributed by atoms with E-state index in [1.807, 2.05) is 0 Å². The van der Waals surface area contributed by atoms with Gasteiger partial charge in [-0.3, -0.25) is 0 Å².